The SMILES string of the molecule is CCCn1c(S[C@@H](C)C(=O)N[C@@H]2CCC[C@H](C)[C@@H]2C)nc2ccccc2c1=O. The second kappa shape index (κ2) is 9.12. The van der Waals surface area contributed by atoms with Crippen LogP contribution in [0.1, 0.15) is 53.4 Å². The second-order valence-electron chi connectivity index (χ2n) is 8.01. The summed E-state index contributed by atoms with van der Waals surface area (Å²) >= 11 is 1.38. The highest BCUT2D eigenvalue weighted by Crippen LogP contribution is 2.30. The summed E-state index contributed by atoms with van der Waals surface area (Å²) in [5, 5.41) is 4.19. The van der Waals surface area contributed by atoms with Crippen LogP contribution in [0.2, 0.25) is 0 Å². The minimum Gasteiger partial charge on any atom is -0.352 e. The number of nitrogens with one attached hydrogen (secondary N) is 1. The van der Waals surface area contributed by atoms with Gasteiger partial charge in [0, 0.05) is 12.6 Å². The number of benzene rings is 1. The molecule has 3 rings (SSSR count). The molecule has 1 aliphatic rings. The Balaban J connectivity index is 1.80. The first-order valence-corrected chi connectivity index (χ1v) is 11.3. The smallest absolute Gasteiger partial charge is 0.262 e. The molecule has 0 bridgehead atoms. The van der Waals surface area contributed by atoms with Crippen LogP contribution in [0.15, 0.2) is 34.2 Å². The van der Waals surface area contributed by atoms with Crippen molar-refractivity contribution in [1.29, 1.82) is 0 Å². The Labute approximate surface area is 171 Å². The Morgan fingerprint density at radius 1 is 1.32 bits per heavy atom. The fourth-order valence-corrected chi connectivity index (χ4v) is 4.90. The largest absolute Gasteiger partial charge is 0.352 e. The van der Waals surface area contributed by atoms with Gasteiger partial charge < -0.3 is 5.32 Å². The van der Waals surface area contributed by atoms with Gasteiger partial charge in [-0.3, -0.25) is 14.2 Å². The van der Waals surface area contributed by atoms with Gasteiger partial charge in [-0.05, 0) is 43.7 Å². The fourth-order valence-electron chi connectivity index (χ4n) is 3.96. The Hall–Kier alpha value is -1.82. The molecule has 152 valence electrons. The number of hydrogen-bond donors (Lipinski definition) is 1. The zero-order valence-corrected chi connectivity index (χ0v) is 18.1. The molecule has 5 nitrogen and oxygen atoms in total. The van der Waals surface area contributed by atoms with Crippen LogP contribution in [-0.2, 0) is 11.3 Å². The van der Waals surface area contributed by atoms with Crippen molar-refractivity contribution >= 4 is 28.6 Å². The van der Waals surface area contributed by atoms with Gasteiger partial charge in [-0.25, -0.2) is 4.98 Å². The van der Waals surface area contributed by atoms with Gasteiger partial charge in [-0.2, -0.15) is 0 Å². The Morgan fingerprint density at radius 3 is 2.82 bits per heavy atom. The van der Waals surface area contributed by atoms with Gasteiger partial charge in [-0.1, -0.05) is 57.5 Å². The minimum atomic E-state index is -0.305. The van der Waals surface area contributed by atoms with E-state index in [1.165, 1.54) is 24.6 Å². The number of rotatable bonds is 6. The number of hydrogen-bond acceptors (Lipinski definition) is 4. The number of fused-ring (bicyclic) bond motifs is 1. The summed E-state index contributed by atoms with van der Waals surface area (Å²) in [5.41, 5.74) is 0.655. The molecule has 0 aliphatic heterocycles. The number of para-hydroxylation sites is 1. The lowest BCUT2D eigenvalue weighted by Crippen LogP contribution is -2.46. The van der Waals surface area contributed by atoms with Crippen molar-refractivity contribution in [2.24, 2.45) is 11.8 Å². The molecule has 0 spiro atoms. The molecule has 1 N–H and O–H groups in total. The molecule has 28 heavy (non-hydrogen) atoms. The van der Waals surface area contributed by atoms with Crippen molar-refractivity contribution in [2.75, 3.05) is 0 Å². The van der Waals surface area contributed by atoms with E-state index in [1.54, 1.807) is 4.57 Å². The first kappa shape index (κ1) is 20.9. The number of nitrogens with zero attached hydrogens (tertiary/aromatic N) is 2. The zero-order valence-electron chi connectivity index (χ0n) is 17.3. The Morgan fingerprint density at radius 2 is 2.07 bits per heavy atom. The summed E-state index contributed by atoms with van der Waals surface area (Å²) in [6, 6.07) is 7.65. The first-order chi connectivity index (χ1) is 13.4. The van der Waals surface area contributed by atoms with E-state index in [1.807, 2.05) is 38.1 Å². The van der Waals surface area contributed by atoms with Gasteiger partial charge in [0.25, 0.3) is 5.56 Å². The summed E-state index contributed by atoms with van der Waals surface area (Å²) in [7, 11) is 0. The molecule has 0 unspecified atom stereocenters. The van der Waals surface area contributed by atoms with E-state index < -0.39 is 0 Å². The van der Waals surface area contributed by atoms with Crippen molar-refractivity contribution in [1.82, 2.24) is 14.9 Å². The van der Waals surface area contributed by atoms with Crippen LogP contribution in [0.5, 0.6) is 0 Å². The van der Waals surface area contributed by atoms with E-state index in [0.717, 1.165) is 12.8 Å². The molecule has 1 saturated carbocycles. The van der Waals surface area contributed by atoms with Crippen molar-refractivity contribution in [3.05, 3.63) is 34.6 Å². The molecular weight excluding hydrogens is 370 g/mol. The van der Waals surface area contributed by atoms with Crippen LogP contribution in [0.3, 0.4) is 0 Å². The van der Waals surface area contributed by atoms with E-state index in [2.05, 4.69) is 19.2 Å². The fraction of sp³-hybridized carbons (Fsp3) is 0.591. The van der Waals surface area contributed by atoms with Crippen molar-refractivity contribution < 1.29 is 4.79 Å². The van der Waals surface area contributed by atoms with Gasteiger partial charge in [0.05, 0.1) is 16.2 Å². The summed E-state index contributed by atoms with van der Waals surface area (Å²) in [4.78, 5) is 30.4. The van der Waals surface area contributed by atoms with E-state index in [0.29, 0.717) is 34.4 Å². The molecule has 1 heterocycles. The molecule has 6 heteroatoms. The highest BCUT2D eigenvalue weighted by Gasteiger charge is 2.30. The van der Waals surface area contributed by atoms with Crippen LogP contribution in [0.4, 0.5) is 0 Å². The molecule has 1 amide bonds. The summed E-state index contributed by atoms with van der Waals surface area (Å²) in [6.07, 6.45) is 4.29. The summed E-state index contributed by atoms with van der Waals surface area (Å²) in [6.45, 7) is 9.04. The maximum absolute atomic E-state index is 12.9. The van der Waals surface area contributed by atoms with Gasteiger partial charge in [0.2, 0.25) is 5.91 Å². The zero-order chi connectivity index (χ0) is 20.3. The second-order valence-corrected chi connectivity index (χ2v) is 9.32. The van der Waals surface area contributed by atoms with Gasteiger partial charge in [-0.15, -0.1) is 0 Å². The number of carbonyl (C=O) groups excluding carboxylic acids is 1. The molecule has 1 aromatic carbocycles. The number of thioether (sulfide) groups is 1. The normalized spacial score (nSPS) is 23.5. The van der Waals surface area contributed by atoms with E-state index in [-0.39, 0.29) is 22.8 Å². The predicted octanol–water partition coefficient (Wildman–Crippen LogP) is 4.23. The van der Waals surface area contributed by atoms with Crippen LogP contribution in [-0.4, -0.2) is 26.8 Å². The third kappa shape index (κ3) is 4.43. The molecule has 1 aromatic heterocycles. The number of amides is 1. The standard InChI is InChI=1S/C22H31N3O2S/c1-5-13-25-21(27)17-10-6-7-11-19(17)24-22(25)28-16(4)20(26)23-18-12-8-9-14(2)15(18)3/h6-7,10-11,14-16,18H,5,8-9,12-13H2,1-4H3,(H,23,26)/t14-,15-,16-,18+/m0/s1. The van der Waals surface area contributed by atoms with Crippen molar-refractivity contribution in [2.45, 2.75) is 76.4 Å². The predicted molar refractivity (Wildman–Crippen MR) is 116 cm³/mol. The number of carbonyl (C=O) groups is 1. The van der Waals surface area contributed by atoms with Gasteiger partial charge in [0.1, 0.15) is 0 Å². The Kier molecular flexibility index (Phi) is 6.81. The summed E-state index contributed by atoms with van der Waals surface area (Å²) in [5.74, 6) is 1.16. The minimum absolute atomic E-state index is 0.0291. The molecule has 0 saturated heterocycles. The average molecular weight is 402 g/mol. The van der Waals surface area contributed by atoms with Crippen LogP contribution in [0.25, 0.3) is 10.9 Å². The molecular formula is C22H31N3O2S. The maximum Gasteiger partial charge on any atom is 0.262 e. The number of aromatic nitrogens is 2. The van der Waals surface area contributed by atoms with Crippen LogP contribution in [0, 0.1) is 11.8 Å². The maximum atomic E-state index is 12.9. The van der Waals surface area contributed by atoms with Crippen LogP contribution < -0.4 is 10.9 Å². The highest BCUT2D eigenvalue weighted by atomic mass is 32.2. The average Bonchev–Trinajstić information content (AvgIpc) is 2.68. The molecule has 4 atom stereocenters. The molecule has 1 aliphatic carbocycles. The topological polar surface area (TPSA) is 64.0 Å². The van der Waals surface area contributed by atoms with E-state index >= 15 is 0 Å². The Bertz CT molecular complexity index is 895. The van der Waals surface area contributed by atoms with Gasteiger partial charge >= 0.3 is 0 Å². The third-order valence-corrected chi connectivity index (χ3v) is 7.05. The lowest BCUT2D eigenvalue weighted by atomic mass is 9.78. The van der Waals surface area contributed by atoms with E-state index in [9.17, 15) is 9.59 Å². The first-order valence-electron chi connectivity index (χ1n) is 10.4. The third-order valence-electron chi connectivity index (χ3n) is 5.96. The lowest BCUT2D eigenvalue weighted by Gasteiger charge is -2.35. The summed E-state index contributed by atoms with van der Waals surface area (Å²) < 4.78 is 1.71. The molecule has 2 aromatic rings. The lowest BCUT2D eigenvalue weighted by molar-refractivity contribution is -0.121. The van der Waals surface area contributed by atoms with Gasteiger partial charge in [0.15, 0.2) is 5.16 Å². The van der Waals surface area contributed by atoms with Crippen molar-refractivity contribution in [3.8, 4) is 0 Å². The highest BCUT2D eigenvalue weighted by molar-refractivity contribution is 8.00. The monoisotopic (exact) mass is 401 g/mol. The molecule has 1 fully saturated rings. The quantitative estimate of drug-likeness (QED) is 0.581. The van der Waals surface area contributed by atoms with E-state index in [4.69, 9.17) is 4.98 Å². The van der Waals surface area contributed by atoms with Crippen LogP contribution >= 0.6 is 11.8 Å². The van der Waals surface area contributed by atoms with Crippen molar-refractivity contribution in [3.63, 3.8) is 0 Å². The molecule has 0 radical (unpaired) electrons.